The van der Waals surface area contributed by atoms with Gasteiger partial charge in [0.25, 0.3) is 0 Å². The summed E-state index contributed by atoms with van der Waals surface area (Å²) in [5.41, 5.74) is 3.12. The topological polar surface area (TPSA) is 38.2 Å². The van der Waals surface area contributed by atoms with E-state index in [-0.39, 0.29) is 0 Å². The van der Waals surface area contributed by atoms with Crippen LogP contribution in [0.5, 0.6) is 0 Å². The summed E-state index contributed by atoms with van der Waals surface area (Å²) < 4.78 is 5.37. The summed E-state index contributed by atoms with van der Waals surface area (Å²) >= 11 is 0. The first kappa shape index (κ1) is 14.5. The molecule has 1 aromatic heterocycles. The van der Waals surface area contributed by atoms with Crippen LogP contribution in [0.25, 0.3) is 5.57 Å². The molecule has 0 bridgehead atoms. The van der Waals surface area contributed by atoms with Gasteiger partial charge < -0.3 is 9.64 Å². The van der Waals surface area contributed by atoms with Gasteiger partial charge in [0.15, 0.2) is 0 Å². The molecule has 2 heterocycles. The van der Waals surface area contributed by atoms with Gasteiger partial charge in [0.05, 0.1) is 31.3 Å². The number of nitrogens with zero attached hydrogens (tertiary/aromatic N) is 3. The molecule has 0 aromatic carbocycles. The smallest absolute Gasteiger partial charge is 0.147 e. The van der Waals surface area contributed by atoms with E-state index in [4.69, 9.17) is 9.72 Å². The van der Waals surface area contributed by atoms with E-state index in [0.717, 1.165) is 49.0 Å². The Balaban J connectivity index is 2.28. The molecule has 0 amide bonds. The molecule has 0 N–H and O–H groups in total. The summed E-state index contributed by atoms with van der Waals surface area (Å²) in [6.45, 7) is 11.0. The van der Waals surface area contributed by atoms with Crippen molar-refractivity contribution in [2.45, 2.75) is 13.8 Å². The number of aromatic nitrogens is 2. The minimum absolute atomic E-state index is 0.748. The molecule has 106 valence electrons. The molecule has 0 spiro atoms. The van der Waals surface area contributed by atoms with Crippen LogP contribution in [0.4, 0.5) is 5.82 Å². The normalized spacial score (nSPS) is 17.2. The van der Waals surface area contributed by atoms with E-state index in [2.05, 4.69) is 29.5 Å². The molecule has 0 atom stereocenters. The molecular formula is C16H21N3O. The Kier molecular flexibility index (Phi) is 5.07. The Bertz CT molecular complexity index is 528. The number of hydrogen-bond acceptors (Lipinski definition) is 4. The number of allylic oxidation sites excluding steroid dienone is 5. The van der Waals surface area contributed by atoms with Crippen LogP contribution in [0.2, 0.25) is 0 Å². The van der Waals surface area contributed by atoms with E-state index in [1.165, 1.54) is 0 Å². The predicted octanol–water partition coefficient (Wildman–Crippen LogP) is 2.85. The van der Waals surface area contributed by atoms with Crippen LogP contribution in [-0.2, 0) is 4.74 Å². The second-order valence-electron chi connectivity index (χ2n) is 4.65. The maximum Gasteiger partial charge on any atom is 0.147 e. The number of morpholine rings is 1. The highest BCUT2D eigenvalue weighted by Crippen LogP contribution is 2.22. The van der Waals surface area contributed by atoms with Crippen LogP contribution in [0.1, 0.15) is 19.5 Å². The van der Waals surface area contributed by atoms with Crippen molar-refractivity contribution in [1.29, 1.82) is 0 Å². The highest BCUT2D eigenvalue weighted by atomic mass is 16.5. The molecule has 4 heteroatoms. The maximum absolute atomic E-state index is 5.37. The third kappa shape index (κ3) is 3.33. The molecular weight excluding hydrogens is 250 g/mol. The van der Waals surface area contributed by atoms with Crippen molar-refractivity contribution in [3.05, 3.63) is 48.5 Å². The second-order valence-corrected chi connectivity index (χ2v) is 4.65. The van der Waals surface area contributed by atoms with Crippen LogP contribution in [-0.4, -0.2) is 36.3 Å². The highest BCUT2D eigenvalue weighted by Gasteiger charge is 2.14. The number of ether oxygens (including phenoxy) is 1. The van der Waals surface area contributed by atoms with E-state index in [1.807, 2.05) is 19.2 Å². The lowest BCUT2D eigenvalue weighted by molar-refractivity contribution is 0.122. The van der Waals surface area contributed by atoms with Gasteiger partial charge >= 0.3 is 0 Å². The van der Waals surface area contributed by atoms with Gasteiger partial charge in [0.2, 0.25) is 0 Å². The van der Waals surface area contributed by atoms with Crippen LogP contribution in [0.15, 0.2) is 42.8 Å². The zero-order valence-electron chi connectivity index (χ0n) is 12.2. The predicted molar refractivity (Wildman–Crippen MR) is 82.7 cm³/mol. The molecule has 20 heavy (non-hydrogen) atoms. The van der Waals surface area contributed by atoms with E-state index >= 15 is 0 Å². The molecule has 1 saturated heterocycles. The lowest BCUT2D eigenvalue weighted by Crippen LogP contribution is -2.36. The molecule has 4 nitrogen and oxygen atoms in total. The first-order chi connectivity index (χ1) is 9.76. The lowest BCUT2D eigenvalue weighted by atomic mass is 10.0. The van der Waals surface area contributed by atoms with Gasteiger partial charge in [-0.25, -0.2) is 4.98 Å². The molecule has 0 unspecified atom stereocenters. The lowest BCUT2D eigenvalue weighted by Gasteiger charge is -2.27. The molecule has 1 aliphatic heterocycles. The largest absolute Gasteiger partial charge is 0.378 e. The summed E-state index contributed by atoms with van der Waals surface area (Å²) in [7, 11) is 0. The highest BCUT2D eigenvalue weighted by molar-refractivity contribution is 5.76. The van der Waals surface area contributed by atoms with Crippen molar-refractivity contribution in [1.82, 2.24) is 9.97 Å². The van der Waals surface area contributed by atoms with Crippen molar-refractivity contribution in [3.63, 3.8) is 0 Å². The van der Waals surface area contributed by atoms with Gasteiger partial charge in [-0.15, -0.1) is 0 Å². The minimum atomic E-state index is 0.748. The van der Waals surface area contributed by atoms with Gasteiger partial charge in [-0.3, -0.25) is 4.98 Å². The summed E-state index contributed by atoms with van der Waals surface area (Å²) in [5, 5.41) is 0. The Morgan fingerprint density at radius 1 is 1.35 bits per heavy atom. The third-order valence-corrected chi connectivity index (χ3v) is 3.31. The van der Waals surface area contributed by atoms with Crippen LogP contribution < -0.4 is 4.90 Å². The molecule has 1 aromatic rings. The zero-order chi connectivity index (χ0) is 14.4. The van der Waals surface area contributed by atoms with Crippen molar-refractivity contribution in [2.24, 2.45) is 0 Å². The Morgan fingerprint density at radius 3 is 2.75 bits per heavy atom. The van der Waals surface area contributed by atoms with Crippen LogP contribution in [0, 0.1) is 0 Å². The minimum Gasteiger partial charge on any atom is -0.378 e. The average Bonchev–Trinajstić information content (AvgIpc) is 2.49. The van der Waals surface area contributed by atoms with E-state index in [0.29, 0.717) is 0 Å². The van der Waals surface area contributed by atoms with Crippen molar-refractivity contribution in [3.8, 4) is 0 Å². The Labute approximate surface area is 120 Å². The first-order valence-corrected chi connectivity index (χ1v) is 6.87. The number of hydrogen-bond donors (Lipinski definition) is 0. The molecule has 0 radical (unpaired) electrons. The fourth-order valence-electron chi connectivity index (χ4n) is 2.27. The Hall–Kier alpha value is -1.94. The summed E-state index contributed by atoms with van der Waals surface area (Å²) in [4.78, 5) is 11.3. The summed E-state index contributed by atoms with van der Waals surface area (Å²) in [6.07, 6.45) is 9.45. The third-order valence-electron chi connectivity index (χ3n) is 3.31. The Morgan fingerprint density at radius 2 is 2.10 bits per heavy atom. The van der Waals surface area contributed by atoms with Crippen molar-refractivity contribution < 1.29 is 4.74 Å². The molecule has 1 aliphatic rings. The van der Waals surface area contributed by atoms with Gasteiger partial charge in [0.1, 0.15) is 5.82 Å². The SMILES string of the molecule is C=C/C=C(C)\C(=C/C)c1cncc(N2CCOCC2)n1. The first-order valence-electron chi connectivity index (χ1n) is 6.87. The van der Waals surface area contributed by atoms with Gasteiger partial charge in [-0.05, 0) is 19.4 Å². The van der Waals surface area contributed by atoms with E-state index in [9.17, 15) is 0 Å². The van der Waals surface area contributed by atoms with Gasteiger partial charge in [-0.2, -0.15) is 0 Å². The zero-order valence-corrected chi connectivity index (χ0v) is 12.2. The molecule has 1 fully saturated rings. The monoisotopic (exact) mass is 271 g/mol. The molecule has 0 saturated carbocycles. The fourth-order valence-corrected chi connectivity index (χ4v) is 2.27. The summed E-state index contributed by atoms with van der Waals surface area (Å²) in [6, 6.07) is 0. The fraction of sp³-hybridized carbons (Fsp3) is 0.375. The van der Waals surface area contributed by atoms with Crippen LogP contribution in [0.3, 0.4) is 0 Å². The quantitative estimate of drug-likeness (QED) is 0.789. The van der Waals surface area contributed by atoms with Gasteiger partial charge in [0, 0.05) is 18.7 Å². The van der Waals surface area contributed by atoms with E-state index in [1.54, 1.807) is 12.3 Å². The number of rotatable bonds is 4. The van der Waals surface area contributed by atoms with Crippen LogP contribution >= 0.6 is 0 Å². The van der Waals surface area contributed by atoms with Gasteiger partial charge in [-0.1, -0.05) is 24.8 Å². The second kappa shape index (κ2) is 7.01. The summed E-state index contributed by atoms with van der Waals surface area (Å²) in [5.74, 6) is 0.913. The number of anilines is 1. The molecule has 0 aliphatic carbocycles. The van der Waals surface area contributed by atoms with Crippen molar-refractivity contribution in [2.75, 3.05) is 31.2 Å². The standard InChI is InChI=1S/C16H21N3O/c1-4-6-13(3)14(5-2)15-11-17-12-16(18-15)19-7-9-20-10-8-19/h4-6,11-12H,1,7-10H2,2-3H3/b13-6-,14-5+. The average molecular weight is 271 g/mol. The maximum atomic E-state index is 5.37. The van der Waals surface area contributed by atoms with E-state index < -0.39 is 0 Å². The molecule has 2 rings (SSSR count). The van der Waals surface area contributed by atoms with Crippen molar-refractivity contribution >= 4 is 11.4 Å².